The SMILES string of the molecule is CCNC(=O)C1CCN(Cn2nc(C(C)N(C)C)n(-c3ccc(F)cc3)c2=S)CC1. The van der Waals surface area contributed by atoms with Gasteiger partial charge in [0.2, 0.25) is 10.7 Å². The molecular formula is C21H31FN6OS. The predicted molar refractivity (Wildman–Crippen MR) is 117 cm³/mol. The molecule has 1 saturated heterocycles. The van der Waals surface area contributed by atoms with Gasteiger partial charge in [-0.1, -0.05) is 0 Å². The first-order valence-corrected chi connectivity index (χ1v) is 10.8. The fourth-order valence-electron chi connectivity index (χ4n) is 3.70. The van der Waals surface area contributed by atoms with Crippen molar-refractivity contribution in [3.63, 3.8) is 0 Å². The van der Waals surface area contributed by atoms with Gasteiger partial charge in [-0.3, -0.25) is 19.2 Å². The summed E-state index contributed by atoms with van der Waals surface area (Å²) in [5, 5.41) is 7.74. The molecule has 164 valence electrons. The molecule has 0 spiro atoms. The molecule has 0 aliphatic carbocycles. The number of carbonyl (C=O) groups excluding carboxylic acids is 1. The fraction of sp³-hybridized carbons (Fsp3) is 0.571. The van der Waals surface area contributed by atoms with Gasteiger partial charge >= 0.3 is 0 Å². The molecular weight excluding hydrogens is 403 g/mol. The highest BCUT2D eigenvalue weighted by Gasteiger charge is 2.26. The Bertz CT molecular complexity index is 915. The minimum atomic E-state index is -0.283. The van der Waals surface area contributed by atoms with Crippen molar-refractivity contribution in [2.24, 2.45) is 5.92 Å². The average molecular weight is 435 g/mol. The minimum absolute atomic E-state index is 0.0291. The third-order valence-electron chi connectivity index (χ3n) is 5.74. The molecule has 9 heteroatoms. The van der Waals surface area contributed by atoms with Crippen LogP contribution < -0.4 is 5.32 Å². The summed E-state index contributed by atoms with van der Waals surface area (Å²) in [6, 6.07) is 6.35. The van der Waals surface area contributed by atoms with Crippen LogP contribution in [0.2, 0.25) is 0 Å². The van der Waals surface area contributed by atoms with Crippen molar-refractivity contribution in [1.29, 1.82) is 0 Å². The summed E-state index contributed by atoms with van der Waals surface area (Å²) >= 11 is 5.76. The van der Waals surface area contributed by atoms with Gasteiger partial charge in [-0.15, -0.1) is 0 Å². The molecule has 0 bridgehead atoms. The number of amides is 1. The predicted octanol–water partition coefficient (Wildman–Crippen LogP) is 2.97. The molecule has 1 aromatic carbocycles. The van der Waals surface area contributed by atoms with Crippen molar-refractivity contribution in [3.05, 3.63) is 40.7 Å². The first kappa shape index (κ1) is 22.6. The fourth-order valence-corrected chi connectivity index (χ4v) is 3.99. The molecule has 1 fully saturated rings. The summed E-state index contributed by atoms with van der Waals surface area (Å²) < 4.78 is 17.8. The summed E-state index contributed by atoms with van der Waals surface area (Å²) in [6.07, 6.45) is 1.66. The molecule has 7 nitrogen and oxygen atoms in total. The zero-order valence-electron chi connectivity index (χ0n) is 18.1. The maximum Gasteiger partial charge on any atom is 0.223 e. The van der Waals surface area contributed by atoms with Gasteiger partial charge in [0.1, 0.15) is 5.82 Å². The molecule has 1 aliphatic heterocycles. The van der Waals surface area contributed by atoms with Crippen LogP contribution in [0.4, 0.5) is 4.39 Å². The van der Waals surface area contributed by atoms with E-state index in [-0.39, 0.29) is 23.7 Å². The second-order valence-corrected chi connectivity index (χ2v) is 8.39. The van der Waals surface area contributed by atoms with Gasteiger partial charge in [0.15, 0.2) is 5.82 Å². The second-order valence-electron chi connectivity index (χ2n) is 8.02. The molecule has 2 heterocycles. The molecule has 3 rings (SSSR count). The number of aromatic nitrogens is 3. The van der Waals surface area contributed by atoms with Crippen LogP contribution in [0.5, 0.6) is 0 Å². The maximum absolute atomic E-state index is 13.4. The number of benzene rings is 1. The number of nitrogens with zero attached hydrogens (tertiary/aromatic N) is 5. The normalized spacial score (nSPS) is 16.7. The van der Waals surface area contributed by atoms with E-state index in [9.17, 15) is 9.18 Å². The van der Waals surface area contributed by atoms with Crippen molar-refractivity contribution < 1.29 is 9.18 Å². The Morgan fingerprint density at radius 2 is 1.93 bits per heavy atom. The number of piperidine rings is 1. The van der Waals surface area contributed by atoms with Crippen molar-refractivity contribution >= 4 is 18.1 Å². The van der Waals surface area contributed by atoms with Gasteiger partial charge in [-0.2, -0.15) is 5.10 Å². The lowest BCUT2D eigenvalue weighted by Gasteiger charge is -2.30. The van der Waals surface area contributed by atoms with E-state index in [1.54, 1.807) is 12.1 Å². The first-order chi connectivity index (χ1) is 14.3. The standard InChI is InChI=1S/C21H31FN6OS/c1-5-23-20(29)16-10-12-26(13-11-16)14-27-21(30)28(18-8-6-17(22)7-9-18)19(24-27)15(2)25(3)4/h6-9,15-16H,5,10-14H2,1-4H3,(H,23,29). The highest BCUT2D eigenvalue weighted by molar-refractivity contribution is 7.71. The Labute approximate surface area is 182 Å². The summed E-state index contributed by atoms with van der Waals surface area (Å²) in [6.45, 7) is 6.90. The van der Waals surface area contributed by atoms with Crippen LogP contribution in [0.3, 0.4) is 0 Å². The Kier molecular flexibility index (Phi) is 7.38. The number of halogens is 1. The molecule has 1 N–H and O–H groups in total. The lowest BCUT2D eigenvalue weighted by atomic mass is 9.96. The number of hydrogen-bond acceptors (Lipinski definition) is 5. The van der Waals surface area contributed by atoms with Crippen molar-refractivity contribution in [2.75, 3.05) is 33.7 Å². The Morgan fingerprint density at radius 3 is 2.50 bits per heavy atom. The Morgan fingerprint density at radius 1 is 1.30 bits per heavy atom. The zero-order valence-corrected chi connectivity index (χ0v) is 19.0. The first-order valence-electron chi connectivity index (χ1n) is 10.4. The van der Waals surface area contributed by atoms with E-state index in [0.29, 0.717) is 18.0 Å². The quantitative estimate of drug-likeness (QED) is 0.679. The molecule has 1 aromatic heterocycles. The summed E-state index contributed by atoms with van der Waals surface area (Å²) in [5.41, 5.74) is 0.797. The van der Waals surface area contributed by atoms with Crippen LogP contribution in [0.1, 0.15) is 38.6 Å². The average Bonchev–Trinajstić information content (AvgIpc) is 3.04. The largest absolute Gasteiger partial charge is 0.356 e. The van der Waals surface area contributed by atoms with Gasteiger partial charge in [0, 0.05) is 31.2 Å². The topological polar surface area (TPSA) is 58.3 Å². The van der Waals surface area contributed by atoms with Gasteiger partial charge in [0.05, 0.1) is 12.7 Å². The van der Waals surface area contributed by atoms with E-state index in [0.717, 1.165) is 37.4 Å². The van der Waals surface area contributed by atoms with Crippen molar-refractivity contribution in [2.45, 2.75) is 39.4 Å². The van der Waals surface area contributed by atoms with Crippen molar-refractivity contribution in [3.8, 4) is 5.69 Å². The molecule has 0 saturated carbocycles. The lowest BCUT2D eigenvalue weighted by molar-refractivity contribution is -0.126. The summed E-state index contributed by atoms with van der Waals surface area (Å²) in [4.78, 5) is 16.4. The monoisotopic (exact) mass is 434 g/mol. The van der Waals surface area contributed by atoms with E-state index < -0.39 is 0 Å². The molecule has 0 radical (unpaired) electrons. The van der Waals surface area contributed by atoms with Crippen LogP contribution in [-0.2, 0) is 11.5 Å². The third-order valence-corrected chi connectivity index (χ3v) is 6.13. The van der Waals surface area contributed by atoms with Gasteiger partial charge in [-0.25, -0.2) is 9.07 Å². The van der Waals surface area contributed by atoms with Crippen LogP contribution in [0.15, 0.2) is 24.3 Å². The van der Waals surface area contributed by atoms with E-state index in [4.69, 9.17) is 17.3 Å². The number of rotatable bonds is 7. The highest BCUT2D eigenvalue weighted by atomic mass is 32.1. The summed E-state index contributed by atoms with van der Waals surface area (Å²) in [5.74, 6) is 0.760. The Hall–Kier alpha value is -2.10. The number of likely N-dealkylation sites (tertiary alicyclic amines) is 1. The zero-order chi connectivity index (χ0) is 21.8. The van der Waals surface area contributed by atoms with E-state index in [2.05, 4.69) is 22.0 Å². The van der Waals surface area contributed by atoms with Gasteiger partial charge in [0.25, 0.3) is 0 Å². The van der Waals surface area contributed by atoms with Crippen LogP contribution in [0, 0.1) is 16.5 Å². The minimum Gasteiger partial charge on any atom is -0.356 e. The molecule has 1 amide bonds. The summed E-state index contributed by atoms with van der Waals surface area (Å²) in [7, 11) is 3.99. The number of nitrogens with one attached hydrogen (secondary N) is 1. The molecule has 30 heavy (non-hydrogen) atoms. The van der Waals surface area contributed by atoms with Crippen LogP contribution in [0.25, 0.3) is 5.69 Å². The third kappa shape index (κ3) is 4.96. The van der Waals surface area contributed by atoms with Gasteiger partial charge < -0.3 is 5.32 Å². The maximum atomic E-state index is 13.4. The lowest BCUT2D eigenvalue weighted by Crippen LogP contribution is -2.41. The Balaban J connectivity index is 1.82. The highest BCUT2D eigenvalue weighted by Crippen LogP contribution is 2.23. The number of carbonyl (C=O) groups is 1. The van der Waals surface area contributed by atoms with Crippen LogP contribution in [-0.4, -0.2) is 63.8 Å². The van der Waals surface area contributed by atoms with Crippen molar-refractivity contribution in [1.82, 2.24) is 29.5 Å². The van der Waals surface area contributed by atoms with E-state index in [1.807, 2.05) is 30.3 Å². The molecule has 1 atom stereocenters. The number of hydrogen-bond donors (Lipinski definition) is 1. The van der Waals surface area contributed by atoms with E-state index >= 15 is 0 Å². The smallest absolute Gasteiger partial charge is 0.223 e. The molecule has 2 aromatic rings. The molecule has 1 aliphatic rings. The van der Waals surface area contributed by atoms with Crippen LogP contribution >= 0.6 is 12.2 Å². The molecule has 1 unspecified atom stereocenters. The second kappa shape index (κ2) is 9.80. The van der Waals surface area contributed by atoms with E-state index in [1.165, 1.54) is 12.1 Å². The van der Waals surface area contributed by atoms with Gasteiger partial charge in [-0.05, 0) is 77.3 Å².